The summed E-state index contributed by atoms with van der Waals surface area (Å²) >= 11 is 0. The summed E-state index contributed by atoms with van der Waals surface area (Å²) in [4.78, 5) is 0. The van der Waals surface area contributed by atoms with Crippen molar-refractivity contribution >= 4 is 21.9 Å². The molecule has 2 aromatic heterocycles. The van der Waals surface area contributed by atoms with Crippen molar-refractivity contribution in [1.82, 2.24) is 0 Å². The van der Waals surface area contributed by atoms with Gasteiger partial charge in [0.05, 0.1) is 24.0 Å². The van der Waals surface area contributed by atoms with Gasteiger partial charge in [-0.2, -0.15) is 5.26 Å². The lowest BCUT2D eigenvalue weighted by Gasteiger charge is -2.12. The summed E-state index contributed by atoms with van der Waals surface area (Å²) in [6.45, 7) is 10.4. The van der Waals surface area contributed by atoms with Gasteiger partial charge in [0.15, 0.2) is 6.20 Å². The van der Waals surface area contributed by atoms with Crippen LogP contribution in [-0.4, -0.2) is 0 Å². The van der Waals surface area contributed by atoms with E-state index < -0.39 is 18.1 Å². The van der Waals surface area contributed by atoms with E-state index in [0.717, 1.165) is 27.8 Å². The van der Waals surface area contributed by atoms with Crippen LogP contribution in [0.15, 0.2) is 65.1 Å². The summed E-state index contributed by atoms with van der Waals surface area (Å²) in [5, 5.41) is 11.4. The number of benzene rings is 3. The van der Waals surface area contributed by atoms with Gasteiger partial charge < -0.3 is 4.42 Å². The Kier molecular flexibility index (Phi) is 4.00. The standard InChI is InChI=1S/C31H29N2O/c1-18(2)25-17-33(6)26(15-19(25)3)27-20(4)14-21(5)28-29-23(16-32)12-13-24(30(29)34-31(27)28)22-10-8-7-9-11-22/h7-15,17-18H,1-6H3/q+1/i7D,8D,9D,10D,11D. The van der Waals surface area contributed by atoms with Crippen molar-refractivity contribution in [2.24, 2.45) is 7.05 Å². The first-order valence-corrected chi connectivity index (χ1v) is 11.4. The molecule has 0 spiro atoms. The van der Waals surface area contributed by atoms with Crippen molar-refractivity contribution in [1.29, 1.82) is 5.26 Å². The Morgan fingerprint density at radius 3 is 2.35 bits per heavy atom. The fourth-order valence-electron chi connectivity index (χ4n) is 5.02. The summed E-state index contributed by atoms with van der Waals surface area (Å²) in [5.74, 6) is 0.369. The number of rotatable bonds is 3. The zero-order valence-corrected chi connectivity index (χ0v) is 20.3. The van der Waals surface area contributed by atoms with Crippen LogP contribution >= 0.6 is 0 Å². The summed E-state index contributed by atoms with van der Waals surface area (Å²) in [5.41, 5.74) is 7.94. The maximum Gasteiger partial charge on any atom is 0.216 e. The number of nitrogens with zero attached hydrogens (tertiary/aromatic N) is 2. The molecule has 2 heterocycles. The molecule has 3 aromatic carbocycles. The zero-order valence-electron chi connectivity index (χ0n) is 25.3. The highest BCUT2D eigenvalue weighted by Crippen LogP contribution is 2.43. The summed E-state index contributed by atoms with van der Waals surface area (Å²) in [6, 6.07) is 7.83. The molecular weight excluding hydrogens is 416 g/mol. The molecule has 0 aliphatic carbocycles. The molecule has 0 aliphatic rings. The Bertz CT molecular complexity index is 1870. The molecule has 3 heteroatoms. The first-order valence-electron chi connectivity index (χ1n) is 13.9. The van der Waals surface area contributed by atoms with Crippen LogP contribution in [0.3, 0.4) is 0 Å². The van der Waals surface area contributed by atoms with Crippen LogP contribution in [-0.2, 0) is 7.05 Å². The van der Waals surface area contributed by atoms with E-state index in [2.05, 4.69) is 49.7 Å². The maximum atomic E-state index is 10.0. The van der Waals surface area contributed by atoms with Crippen LogP contribution in [0, 0.1) is 32.1 Å². The van der Waals surface area contributed by atoms with Crippen molar-refractivity contribution in [3.8, 4) is 28.5 Å². The van der Waals surface area contributed by atoms with Crippen LogP contribution in [0.25, 0.3) is 44.3 Å². The molecule has 0 radical (unpaired) electrons. The van der Waals surface area contributed by atoms with Gasteiger partial charge in [-0.15, -0.1) is 0 Å². The van der Waals surface area contributed by atoms with Gasteiger partial charge in [-0.25, -0.2) is 4.57 Å². The average molecular weight is 451 g/mol. The maximum absolute atomic E-state index is 10.0. The fraction of sp³-hybridized carbons (Fsp3) is 0.226. The number of hydrogen-bond acceptors (Lipinski definition) is 2. The van der Waals surface area contributed by atoms with Crippen molar-refractivity contribution in [3.05, 3.63) is 88.5 Å². The van der Waals surface area contributed by atoms with Crippen LogP contribution in [0.5, 0.6) is 0 Å². The van der Waals surface area contributed by atoms with Gasteiger partial charge in [0.1, 0.15) is 18.2 Å². The number of nitriles is 1. The molecule has 0 bridgehead atoms. The van der Waals surface area contributed by atoms with E-state index in [1.54, 1.807) is 12.1 Å². The molecule has 168 valence electrons. The van der Waals surface area contributed by atoms with Gasteiger partial charge in [0, 0.05) is 28.0 Å². The highest BCUT2D eigenvalue weighted by molar-refractivity contribution is 6.16. The first-order chi connectivity index (χ1) is 18.4. The zero-order chi connectivity index (χ0) is 28.5. The van der Waals surface area contributed by atoms with Crippen LogP contribution in [0.4, 0.5) is 0 Å². The van der Waals surface area contributed by atoms with Crippen molar-refractivity contribution in [2.45, 2.75) is 40.5 Å². The highest BCUT2D eigenvalue weighted by atomic mass is 16.3. The lowest BCUT2D eigenvalue weighted by Crippen LogP contribution is -2.32. The Morgan fingerprint density at radius 2 is 1.68 bits per heavy atom. The number of aryl methyl sites for hydroxylation is 4. The van der Waals surface area contributed by atoms with Gasteiger partial charge in [-0.3, -0.25) is 0 Å². The number of fused-ring (bicyclic) bond motifs is 3. The van der Waals surface area contributed by atoms with Gasteiger partial charge >= 0.3 is 0 Å². The predicted molar refractivity (Wildman–Crippen MR) is 139 cm³/mol. The molecule has 0 aliphatic heterocycles. The quantitative estimate of drug-likeness (QED) is 0.265. The minimum Gasteiger partial charge on any atom is -0.454 e. The predicted octanol–water partition coefficient (Wildman–Crippen LogP) is 7.66. The smallest absolute Gasteiger partial charge is 0.216 e. The second-order valence-corrected chi connectivity index (χ2v) is 9.23. The van der Waals surface area contributed by atoms with E-state index in [0.29, 0.717) is 33.6 Å². The normalized spacial score (nSPS) is 13.5. The third-order valence-electron chi connectivity index (χ3n) is 6.58. The van der Waals surface area contributed by atoms with Gasteiger partial charge in [0.25, 0.3) is 0 Å². The minimum atomic E-state index is -0.454. The van der Waals surface area contributed by atoms with Crippen molar-refractivity contribution < 1.29 is 15.8 Å². The molecule has 0 unspecified atom stereocenters. The molecule has 0 saturated heterocycles. The Hall–Kier alpha value is -3.90. The largest absolute Gasteiger partial charge is 0.454 e. The van der Waals surface area contributed by atoms with Gasteiger partial charge in [-0.1, -0.05) is 50.1 Å². The average Bonchev–Trinajstić information content (AvgIpc) is 3.29. The van der Waals surface area contributed by atoms with Crippen LogP contribution < -0.4 is 4.57 Å². The van der Waals surface area contributed by atoms with Gasteiger partial charge in [-0.05, 0) is 61.1 Å². The lowest BCUT2D eigenvalue weighted by atomic mass is 9.92. The third-order valence-corrected chi connectivity index (χ3v) is 6.58. The number of aromatic nitrogens is 1. The second-order valence-electron chi connectivity index (χ2n) is 9.23. The van der Waals surface area contributed by atoms with E-state index >= 15 is 0 Å². The second kappa shape index (κ2) is 8.15. The Balaban J connectivity index is 1.97. The van der Waals surface area contributed by atoms with Gasteiger partial charge in [0.2, 0.25) is 5.69 Å². The molecule has 0 saturated carbocycles. The molecule has 0 atom stereocenters. The molecule has 5 rings (SSSR count). The van der Waals surface area contributed by atoms with E-state index in [9.17, 15) is 5.26 Å². The van der Waals surface area contributed by atoms with Crippen LogP contribution in [0.2, 0.25) is 0 Å². The third kappa shape index (κ3) is 3.30. The summed E-state index contributed by atoms with van der Waals surface area (Å²) < 4.78 is 50.2. The number of pyridine rings is 1. The van der Waals surface area contributed by atoms with E-state index in [-0.39, 0.29) is 17.6 Å². The molecule has 3 nitrogen and oxygen atoms in total. The lowest BCUT2D eigenvalue weighted by molar-refractivity contribution is -0.660. The van der Waals surface area contributed by atoms with Crippen molar-refractivity contribution in [2.75, 3.05) is 0 Å². The minimum absolute atomic E-state index is 0.0492. The van der Waals surface area contributed by atoms with E-state index in [1.165, 1.54) is 11.1 Å². The summed E-state index contributed by atoms with van der Waals surface area (Å²) in [6.07, 6.45) is 2.14. The molecular formula is C31H29N2O+. The molecule has 0 fully saturated rings. The topological polar surface area (TPSA) is 40.8 Å². The van der Waals surface area contributed by atoms with E-state index in [4.69, 9.17) is 11.3 Å². The molecule has 5 aromatic rings. The summed E-state index contributed by atoms with van der Waals surface area (Å²) in [7, 11) is 2.01. The highest BCUT2D eigenvalue weighted by Gasteiger charge is 2.26. The number of furan rings is 1. The van der Waals surface area contributed by atoms with E-state index in [1.807, 2.05) is 20.9 Å². The SMILES string of the molecule is [2H]c1c([2H])c([2H])c(-c2ccc(C#N)c3c2oc2c(-c4cc(C)c(C(C)C)c[n+]4C)c(C)cc(C)c23)c([2H])c1[2H]. The first kappa shape index (κ1) is 16.7. The molecule has 0 N–H and O–H groups in total. The molecule has 34 heavy (non-hydrogen) atoms. The monoisotopic (exact) mass is 450 g/mol. The Morgan fingerprint density at radius 1 is 0.941 bits per heavy atom. The number of hydrogen-bond donors (Lipinski definition) is 0. The fourth-order valence-corrected chi connectivity index (χ4v) is 5.02. The van der Waals surface area contributed by atoms with Crippen molar-refractivity contribution in [3.63, 3.8) is 0 Å². The Labute approximate surface area is 207 Å². The van der Waals surface area contributed by atoms with Crippen LogP contribution in [0.1, 0.15) is 54.4 Å². The molecule has 0 amide bonds.